The Hall–Kier alpha value is -3.92. The summed E-state index contributed by atoms with van der Waals surface area (Å²) in [6.07, 6.45) is 2.53. The van der Waals surface area contributed by atoms with E-state index >= 15 is 0 Å². The van der Waals surface area contributed by atoms with Crippen LogP contribution >= 0.6 is 11.3 Å². The maximum Gasteiger partial charge on any atom is 0.296 e. The summed E-state index contributed by atoms with van der Waals surface area (Å²) in [4.78, 5) is 40.1. The van der Waals surface area contributed by atoms with Crippen molar-refractivity contribution in [1.82, 2.24) is 14.6 Å². The summed E-state index contributed by atoms with van der Waals surface area (Å²) in [5.41, 5.74) is 0.128. The van der Waals surface area contributed by atoms with Crippen LogP contribution < -0.4 is 20.4 Å². The second-order valence-corrected chi connectivity index (χ2v) is 7.97. The van der Waals surface area contributed by atoms with Gasteiger partial charge >= 0.3 is 0 Å². The lowest BCUT2D eigenvalue weighted by Crippen LogP contribution is -2.28. The number of hydrogen-bond donors (Lipinski definition) is 0. The number of nitrogens with zero attached hydrogens (tertiary/aromatic N) is 4. The van der Waals surface area contributed by atoms with Crippen molar-refractivity contribution in [2.45, 2.75) is 19.8 Å². The lowest BCUT2D eigenvalue weighted by Gasteiger charge is -2.05. The number of thiazole rings is 1. The standard InChI is InChI=1S/C22H18N4O5S/c1-2-11-31-16-9-7-14(8-10-16)12-17-20(27)23-22-25(24-17)21(28)19(32-22)13-15-5-3-4-6-18(15)26(29)30/h3-10,13H,2,11-12H2,1H3/b19-13+. The van der Waals surface area contributed by atoms with Gasteiger partial charge < -0.3 is 4.74 Å². The van der Waals surface area contributed by atoms with Crippen molar-refractivity contribution in [2.24, 2.45) is 0 Å². The number of rotatable bonds is 7. The first kappa shape index (κ1) is 21.3. The first-order valence-corrected chi connectivity index (χ1v) is 10.7. The zero-order valence-electron chi connectivity index (χ0n) is 17.1. The number of benzene rings is 2. The van der Waals surface area contributed by atoms with E-state index in [-0.39, 0.29) is 32.9 Å². The van der Waals surface area contributed by atoms with Crippen LogP contribution in [0.4, 0.5) is 5.69 Å². The minimum absolute atomic E-state index is 0.119. The van der Waals surface area contributed by atoms with Gasteiger partial charge in [0.25, 0.3) is 16.8 Å². The fraction of sp³-hybridized carbons (Fsp3) is 0.182. The predicted molar refractivity (Wildman–Crippen MR) is 120 cm³/mol. The monoisotopic (exact) mass is 450 g/mol. The van der Waals surface area contributed by atoms with E-state index in [0.717, 1.165) is 33.6 Å². The van der Waals surface area contributed by atoms with Crippen LogP contribution in [-0.4, -0.2) is 26.1 Å². The molecule has 2 aromatic heterocycles. The van der Waals surface area contributed by atoms with E-state index in [0.29, 0.717) is 6.61 Å². The summed E-state index contributed by atoms with van der Waals surface area (Å²) in [6, 6.07) is 13.4. The number of aromatic nitrogens is 3. The van der Waals surface area contributed by atoms with E-state index < -0.39 is 16.0 Å². The highest BCUT2D eigenvalue weighted by atomic mass is 32.1. The highest BCUT2D eigenvalue weighted by Crippen LogP contribution is 2.18. The number of para-hydroxylation sites is 1. The van der Waals surface area contributed by atoms with Crippen molar-refractivity contribution >= 4 is 28.1 Å². The summed E-state index contributed by atoms with van der Waals surface area (Å²) in [5.74, 6) is 0.740. The molecule has 0 amide bonds. The molecule has 0 atom stereocenters. The number of ether oxygens (including phenoxy) is 1. The van der Waals surface area contributed by atoms with Crippen molar-refractivity contribution in [3.63, 3.8) is 0 Å². The lowest BCUT2D eigenvalue weighted by molar-refractivity contribution is -0.385. The fourth-order valence-corrected chi connectivity index (χ4v) is 3.98. The smallest absolute Gasteiger partial charge is 0.296 e. The van der Waals surface area contributed by atoms with Crippen LogP contribution in [0.15, 0.2) is 58.1 Å². The van der Waals surface area contributed by atoms with Crippen LogP contribution in [0.25, 0.3) is 11.0 Å². The molecule has 162 valence electrons. The second kappa shape index (κ2) is 9.06. The van der Waals surface area contributed by atoms with Gasteiger partial charge in [-0.1, -0.05) is 42.5 Å². The molecular weight excluding hydrogens is 432 g/mol. The number of fused-ring (bicyclic) bond motifs is 1. The summed E-state index contributed by atoms with van der Waals surface area (Å²) >= 11 is 0.960. The Labute approximate surface area is 185 Å². The molecule has 2 heterocycles. The first-order chi connectivity index (χ1) is 15.5. The molecule has 4 rings (SSSR count). The minimum Gasteiger partial charge on any atom is -0.494 e. The van der Waals surface area contributed by atoms with E-state index in [1.807, 2.05) is 31.2 Å². The van der Waals surface area contributed by atoms with Crippen LogP contribution in [0, 0.1) is 10.1 Å². The molecule has 0 saturated carbocycles. The Morgan fingerprint density at radius 3 is 2.62 bits per heavy atom. The fourth-order valence-electron chi connectivity index (χ4n) is 3.09. The van der Waals surface area contributed by atoms with E-state index in [1.165, 1.54) is 12.1 Å². The molecule has 0 unspecified atom stereocenters. The number of nitro benzene ring substituents is 1. The average Bonchev–Trinajstić information content (AvgIpc) is 3.08. The molecular formula is C22H18N4O5S. The van der Waals surface area contributed by atoms with Gasteiger partial charge in [-0.3, -0.25) is 19.7 Å². The summed E-state index contributed by atoms with van der Waals surface area (Å²) in [5, 5.41) is 15.5. The van der Waals surface area contributed by atoms with Crippen LogP contribution in [0.5, 0.6) is 5.75 Å². The van der Waals surface area contributed by atoms with E-state index in [1.54, 1.807) is 18.2 Å². The molecule has 0 aliphatic rings. The number of hydrogen-bond acceptors (Lipinski definition) is 8. The molecule has 0 aliphatic heterocycles. The lowest BCUT2D eigenvalue weighted by atomic mass is 10.1. The molecule has 32 heavy (non-hydrogen) atoms. The van der Waals surface area contributed by atoms with E-state index in [4.69, 9.17) is 4.74 Å². The molecule has 10 heteroatoms. The van der Waals surface area contributed by atoms with Crippen molar-refractivity contribution in [2.75, 3.05) is 6.61 Å². The Morgan fingerprint density at radius 1 is 1.16 bits per heavy atom. The SMILES string of the molecule is CCCOc1ccc(Cc2nn3c(=O)/c(=C\c4ccccc4[N+](=O)[O-])sc3nc2=O)cc1. The Bertz CT molecular complexity index is 1460. The second-order valence-electron chi connectivity index (χ2n) is 6.96. The topological polar surface area (TPSA) is 117 Å². The molecule has 0 aliphatic carbocycles. The molecule has 0 fully saturated rings. The van der Waals surface area contributed by atoms with Gasteiger partial charge in [0.05, 0.1) is 21.6 Å². The Morgan fingerprint density at radius 2 is 1.91 bits per heavy atom. The van der Waals surface area contributed by atoms with Crippen LogP contribution in [0.1, 0.15) is 30.2 Å². The zero-order valence-corrected chi connectivity index (χ0v) is 17.9. The minimum atomic E-state index is -0.519. The maximum atomic E-state index is 12.8. The van der Waals surface area contributed by atoms with Gasteiger partial charge in [0, 0.05) is 12.5 Å². The van der Waals surface area contributed by atoms with Gasteiger partial charge in [0.15, 0.2) is 0 Å². The highest BCUT2D eigenvalue weighted by Gasteiger charge is 2.14. The van der Waals surface area contributed by atoms with Gasteiger partial charge in [-0.25, -0.2) is 0 Å². The van der Waals surface area contributed by atoms with Crippen molar-refractivity contribution in [3.8, 4) is 5.75 Å². The molecule has 0 radical (unpaired) electrons. The maximum absolute atomic E-state index is 12.8. The van der Waals surface area contributed by atoms with Crippen LogP contribution in [0.3, 0.4) is 0 Å². The normalized spacial score (nSPS) is 11.7. The molecule has 0 saturated heterocycles. The van der Waals surface area contributed by atoms with Gasteiger partial charge in [-0.15, -0.1) is 0 Å². The van der Waals surface area contributed by atoms with Gasteiger partial charge in [0.1, 0.15) is 11.4 Å². The summed E-state index contributed by atoms with van der Waals surface area (Å²) in [6.45, 7) is 2.65. The third-order valence-corrected chi connectivity index (χ3v) is 5.60. The summed E-state index contributed by atoms with van der Waals surface area (Å²) in [7, 11) is 0. The Kier molecular flexibility index (Phi) is 6.04. The van der Waals surface area contributed by atoms with Crippen LogP contribution in [-0.2, 0) is 6.42 Å². The third-order valence-electron chi connectivity index (χ3n) is 4.64. The molecule has 9 nitrogen and oxygen atoms in total. The first-order valence-electron chi connectivity index (χ1n) is 9.86. The molecule has 0 N–H and O–H groups in total. The zero-order chi connectivity index (χ0) is 22.7. The van der Waals surface area contributed by atoms with Gasteiger partial charge in [0.2, 0.25) is 4.96 Å². The quantitative estimate of drug-likeness (QED) is 0.313. The largest absolute Gasteiger partial charge is 0.494 e. The summed E-state index contributed by atoms with van der Waals surface area (Å²) < 4.78 is 6.83. The molecule has 0 bridgehead atoms. The van der Waals surface area contributed by atoms with E-state index in [9.17, 15) is 19.7 Å². The third kappa shape index (κ3) is 4.40. The van der Waals surface area contributed by atoms with Crippen molar-refractivity contribution in [3.05, 3.63) is 101 Å². The molecule has 4 aromatic rings. The Balaban J connectivity index is 1.70. The van der Waals surface area contributed by atoms with Crippen molar-refractivity contribution in [1.29, 1.82) is 0 Å². The van der Waals surface area contributed by atoms with Gasteiger partial charge in [-0.2, -0.15) is 14.6 Å². The van der Waals surface area contributed by atoms with Gasteiger partial charge in [-0.05, 0) is 36.3 Å². The van der Waals surface area contributed by atoms with E-state index in [2.05, 4.69) is 10.1 Å². The van der Waals surface area contributed by atoms with Crippen LogP contribution in [0.2, 0.25) is 0 Å². The average molecular weight is 450 g/mol. The van der Waals surface area contributed by atoms with Crippen molar-refractivity contribution < 1.29 is 9.66 Å². The predicted octanol–water partition coefficient (Wildman–Crippen LogP) is 2.35. The molecule has 0 spiro atoms. The molecule has 2 aromatic carbocycles. The highest BCUT2D eigenvalue weighted by molar-refractivity contribution is 7.15. The number of nitro groups is 1.